The number of ether oxygens (including phenoxy) is 4. The number of benzene rings is 1. The molecule has 0 atom stereocenters. The van der Waals surface area contributed by atoms with E-state index in [0.717, 1.165) is 18.9 Å². The quantitative estimate of drug-likeness (QED) is 0.263. The third-order valence-corrected chi connectivity index (χ3v) is 3.02. The molecule has 0 bridgehead atoms. The lowest BCUT2D eigenvalue weighted by Crippen LogP contribution is -2.32. The Hall–Kier alpha value is -2.08. The SMILES string of the molecule is C=COCCOc1ccc(F)cc1C(=O)OC(C)(C)OCCCC. The van der Waals surface area contributed by atoms with Crippen LogP contribution < -0.4 is 4.74 Å². The van der Waals surface area contributed by atoms with Crippen LogP contribution in [0.5, 0.6) is 5.75 Å². The Morgan fingerprint density at radius 1 is 1.29 bits per heavy atom. The number of unbranched alkanes of at least 4 members (excludes halogenated alkanes) is 1. The normalized spacial score (nSPS) is 11.0. The molecule has 0 aliphatic heterocycles. The van der Waals surface area contributed by atoms with Crippen LogP contribution in [0.25, 0.3) is 0 Å². The molecule has 0 N–H and O–H groups in total. The van der Waals surface area contributed by atoms with Crippen LogP contribution >= 0.6 is 0 Å². The van der Waals surface area contributed by atoms with E-state index in [9.17, 15) is 9.18 Å². The average Bonchev–Trinajstić information content (AvgIpc) is 2.52. The molecule has 0 aromatic heterocycles. The van der Waals surface area contributed by atoms with Crippen LogP contribution in [-0.2, 0) is 14.2 Å². The Bertz CT molecular complexity index is 542. The van der Waals surface area contributed by atoms with Gasteiger partial charge in [-0.1, -0.05) is 19.9 Å². The first kappa shape index (κ1) is 20.0. The van der Waals surface area contributed by atoms with Gasteiger partial charge >= 0.3 is 5.97 Å². The van der Waals surface area contributed by atoms with Crippen molar-refractivity contribution in [2.75, 3.05) is 19.8 Å². The van der Waals surface area contributed by atoms with Crippen molar-refractivity contribution in [2.24, 2.45) is 0 Å². The molecule has 0 radical (unpaired) electrons. The second kappa shape index (κ2) is 9.93. The van der Waals surface area contributed by atoms with Crippen molar-refractivity contribution in [3.8, 4) is 5.75 Å². The van der Waals surface area contributed by atoms with Gasteiger partial charge in [-0.05, 0) is 24.6 Å². The lowest BCUT2D eigenvalue weighted by molar-refractivity contribution is -0.179. The topological polar surface area (TPSA) is 54.0 Å². The van der Waals surface area contributed by atoms with Crippen molar-refractivity contribution in [3.63, 3.8) is 0 Å². The fraction of sp³-hybridized carbons (Fsp3) is 0.500. The van der Waals surface area contributed by atoms with Gasteiger partial charge in [0.1, 0.15) is 30.3 Å². The highest BCUT2D eigenvalue weighted by Crippen LogP contribution is 2.24. The van der Waals surface area contributed by atoms with E-state index in [2.05, 4.69) is 6.58 Å². The maximum absolute atomic E-state index is 13.5. The Morgan fingerprint density at radius 2 is 2.04 bits per heavy atom. The summed E-state index contributed by atoms with van der Waals surface area (Å²) in [6.45, 7) is 9.66. The molecule has 24 heavy (non-hydrogen) atoms. The summed E-state index contributed by atoms with van der Waals surface area (Å²) in [6.07, 6.45) is 3.12. The molecular formula is C18H25FO5. The molecule has 6 heteroatoms. The molecule has 0 amide bonds. The Labute approximate surface area is 142 Å². The van der Waals surface area contributed by atoms with Crippen molar-refractivity contribution in [1.29, 1.82) is 0 Å². The number of hydrogen-bond donors (Lipinski definition) is 0. The van der Waals surface area contributed by atoms with Gasteiger partial charge in [0.05, 0.1) is 12.9 Å². The first-order valence-corrected chi connectivity index (χ1v) is 7.91. The summed E-state index contributed by atoms with van der Waals surface area (Å²) >= 11 is 0. The minimum atomic E-state index is -1.11. The Kier molecular flexibility index (Phi) is 8.26. The molecule has 0 unspecified atom stereocenters. The van der Waals surface area contributed by atoms with Crippen molar-refractivity contribution in [1.82, 2.24) is 0 Å². The monoisotopic (exact) mass is 340 g/mol. The molecule has 5 nitrogen and oxygen atoms in total. The highest BCUT2D eigenvalue weighted by atomic mass is 19.1. The number of hydrogen-bond acceptors (Lipinski definition) is 5. The van der Waals surface area contributed by atoms with Crippen LogP contribution in [0.1, 0.15) is 44.0 Å². The lowest BCUT2D eigenvalue weighted by Gasteiger charge is -2.25. The molecular weight excluding hydrogens is 315 g/mol. The van der Waals surface area contributed by atoms with Crippen LogP contribution in [0.2, 0.25) is 0 Å². The molecule has 0 heterocycles. The number of halogens is 1. The summed E-state index contributed by atoms with van der Waals surface area (Å²) in [5.74, 6) is -2.16. The first-order chi connectivity index (χ1) is 11.4. The van der Waals surface area contributed by atoms with Crippen molar-refractivity contribution in [2.45, 2.75) is 39.4 Å². The van der Waals surface area contributed by atoms with Gasteiger partial charge in [-0.3, -0.25) is 0 Å². The van der Waals surface area contributed by atoms with E-state index >= 15 is 0 Å². The van der Waals surface area contributed by atoms with Gasteiger partial charge in [-0.15, -0.1) is 0 Å². The van der Waals surface area contributed by atoms with Gasteiger partial charge in [0, 0.05) is 13.8 Å². The number of carbonyl (C=O) groups is 1. The fourth-order valence-corrected chi connectivity index (χ4v) is 1.84. The first-order valence-electron chi connectivity index (χ1n) is 7.91. The van der Waals surface area contributed by atoms with Gasteiger partial charge in [0.25, 0.3) is 0 Å². The summed E-state index contributed by atoms with van der Waals surface area (Å²) in [5.41, 5.74) is 0.000713. The van der Waals surface area contributed by atoms with Gasteiger partial charge in [-0.2, -0.15) is 0 Å². The molecule has 0 saturated heterocycles. The predicted octanol–water partition coefficient (Wildman–Crippen LogP) is 4.07. The molecule has 1 aromatic rings. The molecule has 0 fully saturated rings. The van der Waals surface area contributed by atoms with Crippen LogP contribution in [0.3, 0.4) is 0 Å². The van der Waals surface area contributed by atoms with E-state index in [0.29, 0.717) is 6.61 Å². The Balaban J connectivity index is 2.76. The van der Waals surface area contributed by atoms with E-state index < -0.39 is 17.6 Å². The second-order valence-electron chi connectivity index (χ2n) is 5.52. The number of esters is 1. The molecule has 0 spiro atoms. The van der Waals surface area contributed by atoms with E-state index in [1.54, 1.807) is 13.8 Å². The Morgan fingerprint density at radius 3 is 2.71 bits per heavy atom. The average molecular weight is 340 g/mol. The third-order valence-electron chi connectivity index (χ3n) is 3.02. The minimum absolute atomic E-state index is 0.000713. The van der Waals surface area contributed by atoms with E-state index in [1.807, 2.05) is 6.92 Å². The maximum atomic E-state index is 13.5. The van der Waals surface area contributed by atoms with Crippen LogP contribution in [0.15, 0.2) is 31.0 Å². The number of carbonyl (C=O) groups excluding carboxylic acids is 1. The zero-order chi connectivity index (χ0) is 18.0. The largest absolute Gasteiger partial charge is 0.498 e. The van der Waals surface area contributed by atoms with Crippen LogP contribution in [-0.4, -0.2) is 31.6 Å². The maximum Gasteiger partial charge on any atom is 0.344 e. The second-order valence-corrected chi connectivity index (χ2v) is 5.52. The van der Waals surface area contributed by atoms with Gasteiger partial charge < -0.3 is 18.9 Å². The molecule has 0 saturated carbocycles. The van der Waals surface area contributed by atoms with Gasteiger partial charge in [0.2, 0.25) is 5.79 Å². The van der Waals surface area contributed by atoms with E-state index in [1.165, 1.54) is 18.4 Å². The molecule has 0 aliphatic rings. The van der Waals surface area contributed by atoms with Crippen LogP contribution in [0.4, 0.5) is 4.39 Å². The van der Waals surface area contributed by atoms with Gasteiger partial charge in [-0.25, -0.2) is 9.18 Å². The summed E-state index contributed by atoms with van der Waals surface area (Å²) in [4.78, 5) is 12.4. The molecule has 134 valence electrons. The van der Waals surface area contributed by atoms with E-state index in [-0.39, 0.29) is 24.5 Å². The molecule has 1 rings (SSSR count). The van der Waals surface area contributed by atoms with Crippen molar-refractivity contribution >= 4 is 5.97 Å². The standard InChI is InChI=1S/C18H25FO5/c1-5-7-10-23-18(3,4)24-17(20)15-13-14(19)8-9-16(15)22-12-11-21-6-2/h6,8-9,13H,2,5,7,10-12H2,1,3-4H3. The minimum Gasteiger partial charge on any atom is -0.498 e. The molecule has 1 aromatic carbocycles. The lowest BCUT2D eigenvalue weighted by atomic mass is 10.2. The third kappa shape index (κ3) is 7.00. The highest BCUT2D eigenvalue weighted by molar-refractivity contribution is 5.92. The summed E-state index contributed by atoms with van der Waals surface area (Å²) in [7, 11) is 0. The van der Waals surface area contributed by atoms with Crippen molar-refractivity contribution in [3.05, 3.63) is 42.4 Å². The zero-order valence-electron chi connectivity index (χ0n) is 14.5. The predicted molar refractivity (Wildman–Crippen MR) is 88.4 cm³/mol. The summed E-state index contributed by atoms with van der Waals surface area (Å²) < 4.78 is 34.8. The number of rotatable bonds is 11. The van der Waals surface area contributed by atoms with Crippen LogP contribution in [0, 0.1) is 5.82 Å². The van der Waals surface area contributed by atoms with Crippen molar-refractivity contribution < 1.29 is 28.1 Å². The fourth-order valence-electron chi connectivity index (χ4n) is 1.84. The molecule has 0 aliphatic carbocycles. The van der Waals surface area contributed by atoms with Gasteiger partial charge in [0.15, 0.2) is 0 Å². The summed E-state index contributed by atoms with van der Waals surface area (Å²) in [5, 5.41) is 0. The zero-order valence-corrected chi connectivity index (χ0v) is 14.5. The summed E-state index contributed by atoms with van der Waals surface area (Å²) in [6, 6.07) is 3.67. The smallest absolute Gasteiger partial charge is 0.344 e. The van der Waals surface area contributed by atoms with E-state index in [4.69, 9.17) is 18.9 Å². The highest BCUT2D eigenvalue weighted by Gasteiger charge is 2.26.